The van der Waals surface area contributed by atoms with E-state index >= 15 is 0 Å². The molecule has 0 radical (unpaired) electrons. The first-order valence-electron chi connectivity index (χ1n) is 8.32. The van der Waals surface area contributed by atoms with Crippen molar-refractivity contribution in [3.8, 4) is 5.75 Å². The summed E-state index contributed by atoms with van der Waals surface area (Å²) in [6, 6.07) is 9.00. The number of hydrogen-bond acceptors (Lipinski definition) is 3. The highest BCUT2D eigenvalue weighted by Gasteiger charge is 2.28. The maximum Gasteiger partial charge on any atom is 0.262 e. The molecule has 2 N–H and O–H groups in total. The number of aromatic nitrogens is 1. The molecule has 0 spiro atoms. The lowest BCUT2D eigenvalue weighted by atomic mass is 9.96. The van der Waals surface area contributed by atoms with Crippen molar-refractivity contribution >= 4 is 34.3 Å². The second-order valence-corrected chi connectivity index (χ2v) is 6.71. The van der Waals surface area contributed by atoms with Gasteiger partial charge in [-0.05, 0) is 55.8 Å². The van der Waals surface area contributed by atoms with E-state index in [0.717, 1.165) is 0 Å². The highest BCUT2D eigenvalue weighted by Crippen LogP contribution is 2.37. The van der Waals surface area contributed by atoms with E-state index in [-0.39, 0.29) is 22.7 Å². The molecule has 1 atom stereocenters. The van der Waals surface area contributed by atoms with Crippen LogP contribution in [-0.4, -0.2) is 28.5 Å². The normalized spacial score (nSPS) is 12.2. The number of carbonyl (C=O) groups excluding carboxylic acids is 2. The Morgan fingerprint density at radius 1 is 1.19 bits per heavy atom. The van der Waals surface area contributed by atoms with E-state index < -0.39 is 17.5 Å². The number of nitrogens with zero attached hydrogens (tertiary/aromatic N) is 1. The van der Waals surface area contributed by atoms with E-state index in [2.05, 4.69) is 5.32 Å². The first kappa shape index (κ1) is 18.9. The molecule has 0 fully saturated rings. The van der Waals surface area contributed by atoms with Crippen LogP contribution in [0.4, 0.5) is 4.39 Å². The molecule has 0 aliphatic rings. The minimum Gasteiger partial charge on any atom is -0.505 e. The van der Waals surface area contributed by atoms with Gasteiger partial charge in [-0.2, -0.15) is 0 Å². The minimum atomic E-state index is -0.857. The van der Waals surface area contributed by atoms with Crippen molar-refractivity contribution in [2.45, 2.75) is 19.8 Å². The van der Waals surface area contributed by atoms with Gasteiger partial charge in [0.2, 0.25) is 5.91 Å². The summed E-state index contributed by atoms with van der Waals surface area (Å²) in [5.74, 6) is -2.81. The van der Waals surface area contributed by atoms with Crippen LogP contribution >= 0.6 is 11.6 Å². The van der Waals surface area contributed by atoms with Crippen LogP contribution < -0.4 is 5.32 Å². The van der Waals surface area contributed by atoms with E-state index in [1.165, 1.54) is 23.7 Å². The van der Waals surface area contributed by atoms with Crippen molar-refractivity contribution in [3.63, 3.8) is 0 Å². The number of amides is 1. The molecule has 0 bridgehead atoms. The molecule has 5 nitrogen and oxygen atoms in total. The highest BCUT2D eigenvalue weighted by atomic mass is 35.5. The van der Waals surface area contributed by atoms with Gasteiger partial charge in [0.05, 0.1) is 11.4 Å². The van der Waals surface area contributed by atoms with Crippen LogP contribution in [0.2, 0.25) is 5.02 Å². The predicted octanol–water partition coefficient (Wildman–Crippen LogP) is 3.99. The molecule has 0 saturated carbocycles. The average Bonchev–Trinajstić information content (AvgIpc) is 2.96. The molecule has 1 amide bonds. The molecule has 27 heavy (non-hydrogen) atoms. The molecule has 140 valence electrons. The van der Waals surface area contributed by atoms with Crippen molar-refractivity contribution < 1.29 is 19.1 Å². The Hall–Kier alpha value is -2.86. The first-order chi connectivity index (χ1) is 12.8. The number of phenolic OH excluding ortho intramolecular Hbond substituents is 1. The lowest BCUT2D eigenvalue weighted by Gasteiger charge is -2.12. The second kappa shape index (κ2) is 7.04. The smallest absolute Gasteiger partial charge is 0.262 e. The molecule has 1 unspecified atom stereocenters. The van der Waals surface area contributed by atoms with Gasteiger partial charge in [0.15, 0.2) is 11.6 Å². The van der Waals surface area contributed by atoms with Crippen LogP contribution in [0.1, 0.15) is 34.5 Å². The van der Waals surface area contributed by atoms with Gasteiger partial charge in [-0.1, -0.05) is 11.6 Å². The topological polar surface area (TPSA) is 71.3 Å². The summed E-state index contributed by atoms with van der Waals surface area (Å²) >= 11 is 5.88. The number of rotatable bonds is 3. The molecule has 0 aliphatic carbocycles. The van der Waals surface area contributed by atoms with E-state index in [1.807, 2.05) is 0 Å². The zero-order valence-electron chi connectivity index (χ0n) is 15.0. The lowest BCUT2D eigenvalue weighted by Crippen LogP contribution is -2.24. The number of nitrogens with one attached hydrogen (secondary N) is 1. The zero-order chi connectivity index (χ0) is 19.9. The van der Waals surface area contributed by atoms with Gasteiger partial charge in [0.1, 0.15) is 0 Å². The lowest BCUT2D eigenvalue weighted by molar-refractivity contribution is -0.121. The fourth-order valence-corrected chi connectivity index (χ4v) is 3.47. The van der Waals surface area contributed by atoms with Crippen molar-refractivity contribution in [2.75, 3.05) is 7.05 Å². The number of likely N-dealkylation sites (N-methyl/N-ethyl adjacent to an activating group) is 1. The molecular weight excluding hydrogens is 371 g/mol. The molecule has 3 rings (SSSR count). The summed E-state index contributed by atoms with van der Waals surface area (Å²) in [6.45, 7) is 3.28. The second-order valence-electron chi connectivity index (χ2n) is 6.28. The van der Waals surface area contributed by atoms with Crippen LogP contribution in [0.3, 0.4) is 0 Å². The van der Waals surface area contributed by atoms with Gasteiger partial charge in [0, 0.05) is 28.7 Å². The third kappa shape index (κ3) is 3.06. The molecule has 0 saturated heterocycles. The Bertz CT molecular complexity index is 1060. The number of hydrogen-bond donors (Lipinski definition) is 2. The van der Waals surface area contributed by atoms with Gasteiger partial charge >= 0.3 is 0 Å². The SMILES string of the molecule is CNC(=O)C(C)c1c(C)n(C(=O)c2ccc(Cl)cc2)c2ccc(O)c(F)c12. The molecular formula is C20H18ClFN2O3. The van der Waals surface area contributed by atoms with Crippen LogP contribution in [0.25, 0.3) is 10.9 Å². The van der Waals surface area contributed by atoms with Crippen molar-refractivity contribution in [1.82, 2.24) is 9.88 Å². The van der Waals surface area contributed by atoms with Crippen LogP contribution in [0.15, 0.2) is 36.4 Å². The Balaban J connectivity index is 2.32. The number of fused-ring (bicyclic) bond motifs is 1. The number of benzene rings is 2. The molecule has 7 heteroatoms. The van der Waals surface area contributed by atoms with E-state index in [0.29, 0.717) is 21.8 Å². The van der Waals surface area contributed by atoms with E-state index in [9.17, 15) is 19.1 Å². The van der Waals surface area contributed by atoms with Crippen LogP contribution in [-0.2, 0) is 4.79 Å². The average molecular weight is 389 g/mol. The van der Waals surface area contributed by atoms with Crippen molar-refractivity contribution in [3.05, 3.63) is 64.1 Å². The summed E-state index contributed by atoms with van der Waals surface area (Å²) in [7, 11) is 1.49. The molecule has 2 aromatic carbocycles. The zero-order valence-corrected chi connectivity index (χ0v) is 15.8. The van der Waals surface area contributed by atoms with E-state index in [1.54, 1.807) is 38.1 Å². The highest BCUT2D eigenvalue weighted by molar-refractivity contribution is 6.30. The van der Waals surface area contributed by atoms with Gasteiger partial charge in [-0.25, -0.2) is 4.39 Å². The third-order valence-electron chi connectivity index (χ3n) is 4.70. The molecule has 3 aromatic rings. The number of carbonyl (C=O) groups is 2. The quantitative estimate of drug-likeness (QED) is 0.712. The summed E-state index contributed by atoms with van der Waals surface area (Å²) in [5.41, 5.74) is 1.45. The minimum absolute atomic E-state index is 0.0610. The van der Waals surface area contributed by atoms with Gasteiger partial charge in [-0.3, -0.25) is 14.2 Å². The number of aromatic hydroxyl groups is 1. The Labute approximate surface area is 160 Å². The van der Waals surface area contributed by atoms with Crippen LogP contribution in [0, 0.1) is 12.7 Å². The number of phenols is 1. The summed E-state index contributed by atoms with van der Waals surface area (Å²) in [5, 5.41) is 12.9. The molecule has 1 heterocycles. The fourth-order valence-electron chi connectivity index (χ4n) is 3.34. The largest absolute Gasteiger partial charge is 0.505 e. The van der Waals surface area contributed by atoms with Gasteiger partial charge in [0.25, 0.3) is 5.91 Å². The van der Waals surface area contributed by atoms with E-state index in [4.69, 9.17) is 11.6 Å². The molecule has 0 aliphatic heterocycles. The standard InChI is InChI=1S/C20H18ClFN2O3/c1-10(19(26)23-3)16-11(2)24(14-8-9-15(25)18(22)17(14)16)20(27)12-4-6-13(21)7-5-12/h4-10,25H,1-3H3,(H,23,26). The van der Waals surface area contributed by atoms with Crippen molar-refractivity contribution in [1.29, 1.82) is 0 Å². The first-order valence-corrected chi connectivity index (χ1v) is 8.70. The van der Waals surface area contributed by atoms with Gasteiger partial charge in [-0.15, -0.1) is 0 Å². The maximum absolute atomic E-state index is 14.8. The van der Waals surface area contributed by atoms with Crippen molar-refractivity contribution in [2.24, 2.45) is 0 Å². The number of halogens is 2. The predicted molar refractivity (Wildman–Crippen MR) is 102 cm³/mol. The summed E-state index contributed by atoms with van der Waals surface area (Å²) in [4.78, 5) is 25.3. The third-order valence-corrected chi connectivity index (χ3v) is 4.95. The monoisotopic (exact) mass is 388 g/mol. The Morgan fingerprint density at radius 3 is 2.41 bits per heavy atom. The Kier molecular flexibility index (Phi) is 4.93. The van der Waals surface area contributed by atoms with Crippen LogP contribution in [0.5, 0.6) is 5.75 Å². The maximum atomic E-state index is 14.8. The molecule has 1 aromatic heterocycles. The Morgan fingerprint density at radius 2 is 1.81 bits per heavy atom. The summed E-state index contributed by atoms with van der Waals surface area (Å²) < 4.78 is 16.1. The fraction of sp³-hybridized carbons (Fsp3) is 0.200. The van der Waals surface area contributed by atoms with Gasteiger partial charge < -0.3 is 10.4 Å². The summed E-state index contributed by atoms with van der Waals surface area (Å²) in [6.07, 6.45) is 0.